The van der Waals surface area contributed by atoms with Gasteiger partial charge in [0.25, 0.3) is 0 Å². The third-order valence-electron chi connectivity index (χ3n) is 6.87. The highest BCUT2D eigenvalue weighted by atomic mass is 32.1. The lowest BCUT2D eigenvalue weighted by Crippen LogP contribution is -2.37. The molecule has 6 unspecified atom stereocenters. The molecule has 3 aliphatic rings. The Bertz CT molecular complexity index is 528. The van der Waals surface area contributed by atoms with Gasteiger partial charge in [-0.1, -0.05) is 63.6 Å². The van der Waals surface area contributed by atoms with Crippen molar-refractivity contribution in [2.75, 3.05) is 0 Å². The molecule has 0 saturated heterocycles. The minimum absolute atomic E-state index is 0.156. The predicted octanol–water partition coefficient (Wildman–Crippen LogP) is 6.61. The van der Waals surface area contributed by atoms with Gasteiger partial charge in [0, 0.05) is 10.7 Å². The van der Waals surface area contributed by atoms with E-state index in [1.807, 2.05) is 0 Å². The number of thiol groups is 1. The van der Waals surface area contributed by atoms with E-state index in [2.05, 4.69) is 58.1 Å². The summed E-state index contributed by atoms with van der Waals surface area (Å²) in [5, 5.41) is 0.457. The van der Waals surface area contributed by atoms with Crippen molar-refractivity contribution in [2.24, 2.45) is 28.6 Å². The van der Waals surface area contributed by atoms with Gasteiger partial charge in [-0.05, 0) is 61.7 Å². The molecule has 0 bridgehead atoms. The second-order valence-electron chi connectivity index (χ2n) is 8.95. The summed E-state index contributed by atoms with van der Waals surface area (Å²) < 4.78 is 0. The number of hydrogen-bond acceptors (Lipinski definition) is 1. The normalized spacial score (nSPS) is 47.4. The molecule has 0 aromatic carbocycles. The molecule has 0 aliphatic heterocycles. The molecule has 128 valence electrons. The second kappa shape index (κ2) is 6.47. The molecule has 0 fully saturated rings. The maximum Gasteiger partial charge on any atom is 0.0179 e. The van der Waals surface area contributed by atoms with Crippen molar-refractivity contribution in [3.05, 3.63) is 36.0 Å². The van der Waals surface area contributed by atoms with Gasteiger partial charge in [-0.15, -0.1) is 0 Å². The minimum atomic E-state index is 0.156. The van der Waals surface area contributed by atoms with Crippen LogP contribution in [-0.2, 0) is 0 Å². The number of hydrogen-bond donors (Lipinski definition) is 1. The van der Waals surface area contributed by atoms with Gasteiger partial charge >= 0.3 is 0 Å². The fourth-order valence-electron chi connectivity index (χ4n) is 4.90. The van der Waals surface area contributed by atoms with Gasteiger partial charge in [-0.3, -0.25) is 0 Å². The number of rotatable bonds is 2. The Kier molecular flexibility index (Phi) is 4.89. The van der Waals surface area contributed by atoms with Gasteiger partial charge in [-0.2, -0.15) is 12.6 Å². The monoisotopic (exact) mass is 330 g/mol. The van der Waals surface area contributed by atoms with Crippen LogP contribution in [-0.4, -0.2) is 5.25 Å². The molecule has 0 heterocycles. The van der Waals surface area contributed by atoms with Gasteiger partial charge in [-0.25, -0.2) is 0 Å². The van der Waals surface area contributed by atoms with E-state index in [-0.39, 0.29) is 5.41 Å². The fourth-order valence-corrected chi connectivity index (χ4v) is 5.48. The van der Waals surface area contributed by atoms with Gasteiger partial charge in [0.1, 0.15) is 0 Å². The molecular formula is C22H34S. The first kappa shape index (κ1) is 17.4. The summed E-state index contributed by atoms with van der Waals surface area (Å²) in [5.74, 6) is 2.16. The predicted molar refractivity (Wildman–Crippen MR) is 105 cm³/mol. The maximum atomic E-state index is 5.00. The van der Waals surface area contributed by atoms with E-state index in [0.29, 0.717) is 16.6 Å². The Hall–Kier alpha value is -0.430. The Morgan fingerprint density at radius 3 is 2.48 bits per heavy atom. The van der Waals surface area contributed by atoms with Crippen LogP contribution in [0.3, 0.4) is 0 Å². The van der Waals surface area contributed by atoms with E-state index in [1.165, 1.54) is 38.5 Å². The lowest BCUT2D eigenvalue weighted by atomic mass is 9.61. The van der Waals surface area contributed by atoms with Crippen LogP contribution in [0.4, 0.5) is 0 Å². The highest BCUT2D eigenvalue weighted by Gasteiger charge is 2.41. The first-order valence-corrected chi connectivity index (χ1v) is 10.1. The molecule has 3 aliphatic carbocycles. The summed E-state index contributed by atoms with van der Waals surface area (Å²) in [7, 11) is 0. The largest absolute Gasteiger partial charge is 0.175 e. The zero-order valence-corrected chi connectivity index (χ0v) is 16.3. The summed E-state index contributed by atoms with van der Waals surface area (Å²) in [4.78, 5) is 0. The van der Waals surface area contributed by atoms with Crippen molar-refractivity contribution < 1.29 is 0 Å². The lowest BCUT2D eigenvalue weighted by Gasteiger charge is -2.46. The first-order chi connectivity index (χ1) is 10.8. The van der Waals surface area contributed by atoms with Crippen molar-refractivity contribution in [3.63, 3.8) is 0 Å². The molecule has 0 N–H and O–H groups in total. The molecular weight excluding hydrogens is 296 g/mol. The van der Waals surface area contributed by atoms with Crippen LogP contribution in [0.5, 0.6) is 0 Å². The van der Waals surface area contributed by atoms with Crippen LogP contribution in [0, 0.1) is 28.6 Å². The van der Waals surface area contributed by atoms with Crippen LogP contribution < -0.4 is 0 Å². The highest BCUT2D eigenvalue weighted by molar-refractivity contribution is 7.81. The topological polar surface area (TPSA) is 0 Å². The smallest absolute Gasteiger partial charge is 0.0179 e. The molecule has 6 atom stereocenters. The molecule has 0 amide bonds. The van der Waals surface area contributed by atoms with Crippen LogP contribution >= 0.6 is 12.6 Å². The standard InChI is InChI=1S/C22H34S/c1-16-7-9-18(10-8-16)21(3)12-5-6-19(15-21)22(4)13-11-17(2)14-20(22)23/h7,9,11,13,15-18,20,23H,5-6,8,10,12,14H2,1-4H3. The van der Waals surface area contributed by atoms with Crippen LogP contribution in [0.1, 0.15) is 66.2 Å². The van der Waals surface area contributed by atoms with Crippen molar-refractivity contribution in [1.29, 1.82) is 0 Å². The van der Waals surface area contributed by atoms with Crippen LogP contribution in [0.25, 0.3) is 0 Å². The summed E-state index contributed by atoms with van der Waals surface area (Å²) in [5.41, 5.74) is 2.15. The molecule has 0 saturated carbocycles. The minimum Gasteiger partial charge on any atom is -0.175 e. The van der Waals surface area contributed by atoms with Crippen molar-refractivity contribution in [3.8, 4) is 0 Å². The van der Waals surface area contributed by atoms with E-state index in [4.69, 9.17) is 12.6 Å². The first-order valence-electron chi connectivity index (χ1n) is 9.61. The third kappa shape index (κ3) is 3.36. The number of allylic oxidation sites excluding steroid dienone is 6. The van der Waals surface area contributed by atoms with Gasteiger partial charge < -0.3 is 0 Å². The SMILES string of the molecule is CC1C=CC(C2(C)C=C(C3(C)C=CC(C)CC3S)CCC2)CC1. The van der Waals surface area contributed by atoms with Crippen molar-refractivity contribution in [2.45, 2.75) is 71.5 Å². The van der Waals surface area contributed by atoms with Crippen LogP contribution in [0.15, 0.2) is 36.0 Å². The summed E-state index contributed by atoms with van der Waals surface area (Å²) in [6.07, 6.45) is 20.4. The average Bonchev–Trinajstić information content (AvgIpc) is 2.52. The fraction of sp³-hybridized carbons (Fsp3) is 0.727. The Morgan fingerprint density at radius 1 is 1.04 bits per heavy atom. The second-order valence-corrected chi connectivity index (χ2v) is 9.57. The lowest BCUT2D eigenvalue weighted by molar-refractivity contribution is 0.224. The maximum absolute atomic E-state index is 5.00. The molecule has 0 nitrogen and oxygen atoms in total. The molecule has 0 aromatic rings. The van der Waals surface area contributed by atoms with Gasteiger partial charge in [0.2, 0.25) is 0 Å². The molecule has 0 spiro atoms. The van der Waals surface area contributed by atoms with E-state index in [0.717, 1.165) is 11.8 Å². The quantitative estimate of drug-likeness (QED) is 0.427. The van der Waals surface area contributed by atoms with Gasteiger partial charge in [0.05, 0.1) is 0 Å². The van der Waals surface area contributed by atoms with Gasteiger partial charge in [0.15, 0.2) is 0 Å². The molecule has 0 radical (unpaired) electrons. The zero-order valence-electron chi connectivity index (χ0n) is 15.4. The molecule has 23 heavy (non-hydrogen) atoms. The van der Waals surface area contributed by atoms with E-state index in [9.17, 15) is 0 Å². The van der Waals surface area contributed by atoms with Crippen LogP contribution in [0.2, 0.25) is 0 Å². The molecule has 1 heteroatoms. The van der Waals surface area contributed by atoms with Crippen molar-refractivity contribution in [1.82, 2.24) is 0 Å². The third-order valence-corrected chi connectivity index (χ3v) is 7.61. The highest BCUT2D eigenvalue weighted by Crippen LogP contribution is 2.51. The Labute approximate surface area is 148 Å². The summed E-state index contributed by atoms with van der Waals surface area (Å²) in [6.45, 7) is 9.58. The Balaban J connectivity index is 1.89. The molecule has 0 aromatic heterocycles. The van der Waals surface area contributed by atoms with E-state index in [1.54, 1.807) is 5.57 Å². The Morgan fingerprint density at radius 2 is 1.83 bits per heavy atom. The summed E-state index contributed by atoms with van der Waals surface area (Å²) >= 11 is 5.00. The molecule has 3 rings (SSSR count). The zero-order chi connectivity index (χ0) is 16.7. The summed E-state index contributed by atoms with van der Waals surface area (Å²) in [6, 6.07) is 0. The van der Waals surface area contributed by atoms with E-state index >= 15 is 0 Å². The van der Waals surface area contributed by atoms with E-state index < -0.39 is 0 Å². The van der Waals surface area contributed by atoms with Crippen molar-refractivity contribution >= 4 is 12.6 Å². The average molecular weight is 331 g/mol.